The minimum atomic E-state index is -3.30. The summed E-state index contributed by atoms with van der Waals surface area (Å²) >= 11 is 0. The largest absolute Gasteiger partial charge is 0.448 e. The second-order valence-corrected chi connectivity index (χ2v) is 10.6. The van der Waals surface area contributed by atoms with Crippen molar-refractivity contribution in [3.8, 4) is 6.07 Å². The Morgan fingerprint density at radius 1 is 1.15 bits per heavy atom. The number of primary amides is 1. The van der Waals surface area contributed by atoms with E-state index in [1.165, 1.54) is 6.26 Å². The maximum absolute atomic E-state index is 12.3. The maximum Gasteiger partial charge on any atom is 0.404 e. The van der Waals surface area contributed by atoms with Crippen molar-refractivity contribution in [2.45, 2.75) is 25.0 Å². The number of rotatable bonds is 11. The van der Waals surface area contributed by atoms with Crippen LogP contribution in [0.5, 0.6) is 0 Å². The molecule has 1 amide bonds. The number of morpholine rings is 2. The number of carbonyl (C=O) groups is 1. The van der Waals surface area contributed by atoms with E-state index in [-0.39, 0.29) is 18.8 Å². The molecule has 0 saturated carbocycles. The molecule has 1 aromatic carbocycles. The van der Waals surface area contributed by atoms with Crippen LogP contribution < -0.4 is 5.73 Å². The molecule has 2 saturated heterocycles. The van der Waals surface area contributed by atoms with Crippen molar-refractivity contribution in [3.63, 3.8) is 0 Å². The number of sulfonamides is 1. The molecular formula is C22H33N5O5S. The lowest BCUT2D eigenvalue weighted by atomic mass is 10.1. The molecule has 10 nitrogen and oxygen atoms in total. The third-order valence-corrected chi connectivity index (χ3v) is 7.28. The minimum absolute atomic E-state index is 0.0501. The topological polar surface area (TPSA) is 129 Å². The molecule has 2 unspecified atom stereocenters. The molecule has 2 heterocycles. The van der Waals surface area contributed by atoms with E-state index >= 15 is 0 Å². The Balaban J connectivity index is 1.43. The molecule has 11 heteroatoms. The van der Waals surface area contributed by atoms with Gasteiger partial charge >= 0.3 is 6.09 Å². The third-order valence-electron chi connectivity index (χ3n) is 5.97. The lowest BCUT2D eigenvalue weighted by molar-refractivity contribution is -0.139. The van der Waals surface area contributed by atoms with Crippen LogP contribution >= 0.6 is 0 Å². The van der Waals surface area contributed by atoms with Crippen molar-refractivity contribution in [2.75, 3.05) is 65.2 Å². The van der Waals surface area contributed by atoms with Crippen LogP contribution in [0.25, 0.3) is 0 Å². The van der Waals surface area contributed by atoms with Gasteiger partial charge in [0.25, 0.3) is 0 Å². The molecule has 3 rings (SSSR count). The average Bonchev–Trinajstić information content (AvgIpc) is 2.75. The third kappa shape index (κ3) is 8.24. The van der Waals surface area contributed by atoms with Crippen LogP contribution in [0.3, 0.4) is 0 Å². The molecule has 2 bridgehead atoms. The molecule has 2 atom stereocenters. The van der Waals surface area contributed by atoms with E-state index in [0.717, 1.165) is 44.6 Å². The Kier molecular flexibility index (Phi) is 9.05. The zero-order valence-corrected chi connectivity index (χ0v) is 19.9. The summed E-state index contributed by atoms with van der Waals surface area (Å²) in [4.78, 5) is 15.2. The van der Waals surface area contributed by atoms with Gasteiger partial charge in [-0.05, 0) is 30.5 Å². The molecule has 0 radical (unpaired) electrons. The molecule has 2 aliphatic rings. The molecular weight excluding hydrogens is 446 g/mol. The van der Waals surface area contributed by atoms with Crippen molar-refractivity contribution >= 4 is 16.1 Å². The lowest BCUT2D eigenvalue weighted by Gasteiger charge is -2.46. The first-order valence-electron chi connectivity index (χ1n) is 11.2. The first-order valence-corrected chi connectivity index (χ1v) is 13.0. The van der Waals surface area contributed by atoms with E-state index in [9.17, 15) is 13.2 Å². The summed E-state index contributed by atoms with van der Waals surface area (Å²) in [5.41, 5.74) is 6.72. The molecule has 2 N–H and O–H groups in total. The highest BCUT2D eigenvalue weighted by Gasteiger charge is 2.35. The summed E-state index contributed by atoms with van der Waals surface area (Å²) in [5, 5.41) is 8.89. The SMILES string of the molecule is CS(=O)(=O)N(CCCc1ccc(C#N)cc1)CCN1CC2CN(CCOC(N)=O)CC(C1)O2. The highest BCUT2D eigenvalue weighted by molar-refractivity contribution is 7.88. The van der Waals surface area contributed by atoms with Gasteiger partial charge in [0, 0.05) is 52.4 Å². The normalized spacial score (nSPS) is 21.6. The standard InChI is InChI=1S/C22H33N5O5S/c1-33(29,30)27(8-2-3-18-4-6-19(13-23)7-5-18)10-9-25-14-20-16-26(11-12-31-22(24)28)17-21(15-25)32-20/h4-7,20-21H,2-3,8-12,14-17H2,1H3,(H2,24,28). The number of nitrogens with two attached hydrogens (primary N) is 1. The number of benzene rings is 1. The molecule has 1 aromatic rings. The number of carbonyl (C=O) groups excluding carboxylic acids is 1. The van der Waals surface area contributed by atoms with Crippen LogP contribution in [0.15, 0.2) is 24.3 Å². The van der Waals surface area contributed by atoms with E-state index in [2.05, 4.69) is 15.9 Å². The highest BCUT2D eigenvalue weighted by Crippen LogP contribution is 2.19. The zero-order valence-electron chi connectivity index (χ0n) is 19.1. The maximum atomic E-state index is 12.3. The molecule has 33 heavy (non-hydrogen) atoms. The van der Waals surface area contributed by atoms with Gasteiger partial charge in [0.2, 0.25) is 10.0 Å². The number of fused-ring (bicyclic) bond motifs is 2. The predicted molar refractivity (Wildman–Crippen MR) is 123 cm³/mol. The van der Waals surface area contributed by atoms with Gasteiger partial charge in [-0.1, -0.05) is 12.1 Å². The van der Waals surface area contributed by atoms with Gasteiger partial charge in [0.1, 0.15) is 6.61 Å². The number of amides is 1. The lowest BCUT2D eigenvalue weighted by Crippen LogP contribution is -2.60. The van der Waals surface area contributed by atoms with Crippen molar-refractivity contribution in [1.82, 2.24) is 14.1 Å². The Morgan fingerprint density at radius 3 is 2.30 bits per heavy atom. The van der Waals surface area contributed by atoms with Crippen LogP contribution in [-0.2, 0) is 25.9 Å². The first kappa shape index (κ1) is 25.4. The van der Waals surface area contributed by atoms with Crippen LogP contribution in [0.1, 0.15) is 17.5 Å². The van der Waals surface area contributed by atoms with E-state index in [4.69, 9.17) is 20.5 Å². The van der Waals surface area contributed by atoms with Gasteiger partial charge in [0.05, 0.1) is 30.1 Å². The fraction of sp³-hybridized carbons (Fsp3) is 0.636. The fourth-order valence-electron chi connectivity index (χ4n) is 4.40. The number of hydrogen-bond acceptors (Lipinski definition) is 8. The monoisotopic (exact) mass is 479 g/mol. The Morgan fingerprint density at radius 2 is 1.76 bits per heavy atom. The van der Waals surface area contributed by atoms with Crippen LogP contribution in [0.4, 0.5) is 4.79 Å². The Bertz CT molecular complexity index is 919. The summed E-state index contributed by atoms with van der Waals surface area (Å²) in [5.74, 6) is 0. The average molecular weight is 480 g/mol. The quantitative estimate of drug-likeness (QED) is 0.478. The molecule has 0 aromatic heterocycles. The van der Waals surface area contributed by atoms with Crippen LogP contribution in [0, 0.1) is 11.3 Å². The van der Waals surface area contributed by atoms with Gasteiger partial charge in [-0.15, -0.1) is 0 Å². The zero-order chi connectivity index (χ0) is 23.8. The Labute approximate surface area is 195 Å². The number of hydrogen-bond donors (Lipinski definition) is 1. The summed E-state index contributed by atoms with van der Waals surface area (Å²) in [6.07, 6.45) is 2.07. The summed E-state index contributed by atoms with van der Waals surface area (Å²) in [7, 11) is -3.30. The van der Waals surface area contributed by atoms with E-state index in [1.807, 2.05) is 12.1 Å². The summed E-state index contributed by atoms with van der Waals surface area (Å²) in [6, 6.07) is 9.50. The van der Waals surface area contributed by atoms with Crippen LogP contribution in [-0.4, -0.2) is 106 Å². The van der Waals surface area contributed by atoms with Crippen molar-refractivity contribution in [3.05, 3.63) is 35.4 Å². The van der Waals surface area contributed by atoms with Crippen molar-refractivity contribution < 1.29 is 22.7 Å². The van der Waals surface area contributed by atoms with E-state index in [0.29, 0.717) is 31.7 Å². The predicted octanol–water partition coefficient (Wildman–Crippen LogP) is 0.233. The molecule has 2 fully saturated rings. The van der Waals surface area contributed by atoms with E-state index < -0.39 is 16.1 Å². The van der Waals surface area contributed by atoms with Crippen molar-refractivity contribution in [2.24, 2.45) is 5.73 Å². The van der Waals surface area contributed by atoms with Gasteiger partial charge in [-0.3, -0.25) is 9.80 Å². The summed E-state index contributed by atoms with van der Waals surface area (Å²) < 4.78 is 37.0. The van der Waals surface area contributed by atoms with Crippen molar-refractivity contribution in [1.29, 1.82) is 5.26 Å². The highest BCUT2D eigenvalue weighted by atomic mass is 32.2. The number of nitriles is 1. The molecule has 0 aliphatic carbocycles. The molecule has 0 spiro atoms. The Hall–Kier alpha value is -2.23. The number of nitrogens with zero attached hydrogens (tertiary/aromatic N) is 4. The van der Waals surface area contributed by atoms with Gasteiger partial charge in [-0.2, -0.15) is 5.26 Å². The fourth-order valence-corrected chi connectivity index (χ4v) is 5.28. The first-order chi connectivity index (χ1) is 15.7. The molecule has 182 valence electrons. The second-order valence-electron chi connectivity index (χ2n) is 8.64. The molecule has 2 aliphatic heterocycles. The van der Waals surface area contributed by atoms with E-state index in [1.54, 1.807) is 16.4 Å². The van der Waals surface area contributed by atoms with Gasteiger partial charge < -0.3 is 15.2 Å². The minimum Gasteiger partial charge on any atom is -0.448 e. The second kappa shape index (κ2) is 11.8. The number of ether oxygens (including phenoxy) is 2. The van der Waals surface area contributed by atoms with Gasteiger partial charge in [-0.25, -0.2) is 17.5 Å². The van der Waals surface area contributed by atoms with Crippen LogP contribution in [0.2, 0.25) is 0 Å². The number of aryl methyl sites for hydroxylation is 1. The van der Waals surface area contributed by atoms with Gasteiger partial charge in [0.15, 0.2) is 0 Å². The summed E-state index contributed by atoms with van der Waals surface area (Å²) in [6.45, 7) is 5.44. The smallest absolute Gasteiger partial charge is 0.404 e.